The van der Waals surface area contributed by atoms with Gasteiger partial charge in [-0.3, -0.25) is 9.59 Å². The van der Waals surface area contributed by atoms with Crippen LogP contribution in [0.15, 0.2) is 24.3 Å². The molecular weight excluding hydrogens is 244 g/mol. The number of fused-ring (bicyclic) bond motifs is 1. The van der Waals surface area contributed by atoms with Crippen molar-refractivity contribution in [2.24, 2.45) is 5.92 Å². The normalized spacial score (nSPS) is 19.3. The lowest BCUT2D eigenvalue weighted by Crippen LogP contribution is -2.41. The molecule has 2 unspecified atom stereocenters. The fourth-order valence-corrected chi connectivity index (χ4v) is 2.19. The number of carboxylic acids is 1. The molecule has 0 saturated carbocycles. The molecule has 0 saturated heterocycles. The lowest BCUT2D eigenvalue weighted by molar-refractivity contribution is -0.141. The maximum absolute atomic E-state index is 12.1. The maximum Gasteiger partial charge on any atom is 0.308 e. The summed E-state index contributed by atoms with van der Waals surface area (Å²) in [4.78, 5) is 22.9. The van der Waals surface area contributed by atoms with Crippen LogP contribution in [0.2, 0.25) is 0 Å². The third-order valence-electron chi connectivity index (χ3n) is 3.41. The second kappa shape index (κ2) is 5.84. The number of nitrogens with one attached hydrogen (secondary N) is 2. The van der Waals surface area contributed by atoms with E-state index in [9.17, 15) is 9.59 Å². The summed E-state index contributed by atoms with van der Waals surface area (Å²) < 4.78 is 0. The first-order chi connectivity index (χ1) is 9.09. The number of amides is 1. The van der Waals surface area contributed by atoms with Gasteiger partial charge in [-0.25, -0.2) is 0 Å². The molecule has 0 bridgehead atoms. The Morgan fingerprint density at radius 1 is 1.47 bits per heavy atom. The summed E-state index contributed by atoms with van der Waals surface area (Å²) in [6.07, 6.45) is 0. The van der Waals surface area contributed by atoms with Crippen LogP contribution >= 0.6 is 0 Å². The standard InChI is InChI=1S/C14H18N2O3/c1-9(14(18)19)6-16-13(17)12-8-15-7-10-4-2-3-5-11(10)12/h2-5,9,12,15H,6-8H2,1H3,(H,16,17)(H,18,19). The van der Waals surface area contributed by atoms with Crippen molar-refractivity contribution >= 4 is 11.9 Å². The summed E-state index contributed by atoms with van der Waals surface area (Å²) in [6.45, 7) is 3.10. The van der Waals surface area contributed by atoms with Crippen molar-refractivity contribution in [3.63, 3.8) is 0 Å². The van der Waals surface area contributed by atoms with Crippen LogP contribution in [0.1, 0.15) is 24.0 Å². The quantitative estimate of drug-likeness (QED) is 0.746. The minimum atomic E-state index is -0.900. The molecule has 3 N–H and O–H groups in total. The van der Waals surface area contributed by atoms with E-state index in [1.54, 1.807) is 6.92 Å². The summed E-state index contributed by atoms with van der Waals surface area (Å²) in [5, 5.41) is 14.7. The first-order valence-corrected chi connectivity index (χ1v) is 6.38. The van der Waals surface area contributed by atoms with Gasteiger partial charge in [0.1, 0.15) is 0 Å². The number of rotatable bonds is 4. The highest BCUT2D eigenvalue weighted by molar-refractivity contribution is 5.85. The number of carboxylic acid groups (broad SMARTS) is 1. The highest BCUT2D eigenvalue weighted by atomic mass is 16.4. The van der Waals surface area contributed by atoms with Crippen molar-refractivity contribution in [1.29, 1.82) is 0 Å². The first-order valence-electron chi connectivity index (χ1n) is 6.38. The van der Waals surface area contributed by atoms with E-state index in [2.05, 4.69) is 10.6 Å². The molecule has 0 radical (unpaired) electrons. The molecule has 1 aromatic rings. The van der Waals surface area contributed by atoms with Crippen LogP contribution in [0, 0.1) is 5.92 Å². The molecule has 0 fully saturated rings. The second-order valence-corrected chi connectivity index (χ2v) is 4.87. The highest BCUT2D eigenvalue weighted by Gasteiger charge is 2.26. The number of aliphatic carboxylic acids is 1. The number of carbonyl (C=O) groups is 2. The van der Waals surface area contributed by atoms with Crippen LogP contribution < -0.4 is 10.6 Å². The van der Waals surface area contributed by atoms with Gasteiger partial charge in [-0.1, -0.05) is 31.2 Å². The molecule has 0 aliphatic carbocycles. The zero-order valence-corrected chi connectivity index (χ0v) is 10.8. The van der Waals surface area contributed by atoms with Gasteiger partial charge in [0.25, 0.3) is 0 Å². The number of benzene rings is 1. The predicted octanol–water partition coefficient (Wildman–Crippen LogP) is 0.710. The molecular formula is C14H18N2O3. The Morgan fingerprint density at radius 3 is 2.95 bits per heavy atom. The van der Waals surface area contributed by atoms with Crippen molar-refractivity contribution in [3.05, 3.63) is 35.4 Å². The van der Waals surface area contributed by atoms with Gasteiger partial charge in [0.15, 0.2) is 0 Å². The Bertz CT molecular complexity index is 487. The number of carbonyl (C=O) groups excluding carboxylic acids is 1. The molecule has 1 aromatic carbocycles. The minimum absolute atomic E-state index is 0.118. The van der Waals surface area contributed by atoms with E-state index in [1.165, 1.54) is 0 Å². The monoisotopic (exact) mass is 262 g/mol. The Hall–Kier alpha value is -1.88. The van der Waals surface area contributed by atoms with Crippen molar-refractivity contribution in [2.45, 2.75) is 19.4 Å². The topological polar surface area (TPSA) is 78.4 Å². The van der Waals surface area contributed by atoms with E-state index in [1.807, 2.05) is 24.3 Å². The summed E-state index contributed by atoms with van der Waals surface area (Å²) in [5.74, 6) is -1.84. The van der Waals surface area contributed by atoms with Crippen molar-refractivity contribution in [1.82, 2.24) is 10.6 Å². The molecule has 0 aromatic heterocycles. The molecule has 19 heavy (non-hydrogen) atoms. The van der Waals surface area contributed by atoms with Gasteiger partial charge in [-0.15, -0.1) is 0 Å². The van der Waals surface area contributed by atoms with Gasteiger partial charge in [0.2, 0.25) is 5.91 Å². The van der Waals surface area contributed by atoms with Crippen molar-refractivity contribution < 1.29 is 14.7 Å². The molecule has 0 spiro atoms. The molecule has 1 amide bonds. The zero-order valence-electron chi connectivity index (χ0n) is 10.8. The summed E-state index contributed by atoms with van der Waals surface area (Å²) >= 11 is 0. The lowest BCUT2D eigenvalue weighted by atomic mass is 9.90. The second-order valence-electron chi connectivity index (χ2n) is 4.87. The van der Waals surface area contributed by atoms with E-state index in [-0.39, 0.29) is 18.4 Å². The number of hydrogen-bond donors (Lipinski definition) is 3. The molecule has 2 atom stereocenters. The van der Waals surface area contributed by atoms with E-state index >= 15 is 0 Å². The van der Waals surface area contributed by atoms with Crippen LogP contribution in [0.4, 0.5) is 0 Å². The molecule has 1 aliphatic rings. The smallest absolute Gasteiger partial charge is 0.308 e. The average Bonchev–Trinajstić information content (AvgIpc) is 2.43. The van der Waals surface area contributed by atoms with Crippen LogP contribution in [-0.4, -0.2) is 30.1 Å². The average molecular weight is 262 g/mol. The largest absolute Gasteiger partial charge is 0.481 e. The van der Waals surface area contributed by atoms with Crippen LogP contribution in [0.3, 0.4) is 0 Å². The fraction of sp³-hybridized carbons (Fsp3) is 0.429. The minimum Gasteiger partial charge on any atom is -0.481 e. The lowest BCUT2D eigenvalue weighted by Gasteiger charge is -2.25. The highest BCUT2D eigenvalue weighted by Crippen LogP contribution is 2.23. The van der Waals surface area contributed by atoms with Gasteiger partial charge in [0.05, 0.1) is 11.8 Å². The van der Waals surface area contributed by atoms with Crippen LogP contribution in [0.25, 0.3) is 0 Å². The van der Waals surface area contributed by atoms with Gasteiger partial charge < -0.3 is 15.7 Å². The maximum atomic E-state index is 12.1. The van der Waals surface area contributed by atoms with Gasteiger partial charge in [-0.2, -0.15) is 0 Å². The molecule has 2 rings (SSSR count). The Labute approximate surface area is 112 Å². The molecule has 5 heteroatoms. The molecule has 1 heterocycles. The fourth-order valence-electron chi connectivity index (χ4n) is 2.19. The predicted molar refractivity (Wildman–Crippen MR) is 70.7 cm³/mol. The summed E-state index contributed by atoms with van der Waals surface area (Å²) in [5.41, 5.74) is 2.15. The van der Waals surface area contributed by atoms with Crippen LogP contribution in [-0.2, 0) is 16.1 Å². The Morgan fingerprint density at radius 2 is 2.21 bits per heavy atom. The molecule has 102 valence electrons. The van der Waals surface area contributed by atoms with Crippen LogP contribution in [0.5, 0.6) is 0 Å². The van der Waals surface area contributed by atoms with Gasteiger partial charge in [0, 0.05) is 19.6 Å². The van der Waals surface area contributed by atoms with Gasteiger partial charge in [-0.05, 0) is 11.1 Å². The van der Waals surface area contributed by atoms with Gasteiger partial charge >= 0.3 is 5.97 Å². The molecule has 5 nitrogen and oxygen atoms in total. The third-order valence-corrected chi connectivity index (χ3v) is 3.41. The van der Waals surface area contributed by atoms with Crippen molar-refractivity contribution in [2.75, 3.05) is 13.1 Å². The van der Waals surface area contributed by atoms with E-state index < -0.39 is 11.9 Å². The summed E-state index contributed by atoms with van der Waals surface area (Å²) in [6, 6.07) is 7.83. The SMILES string of the molecule is CC(CNC(=O)C1CNCc2ccccc21)C(=O)O. The third kappa shape index (κ3) is 3.12. The first kappa shape index (κ1) is 13.5. The molecule has 1 aliphatic heterocycles. The summed E-state index contributed by atoms with van der Waals surface area (Å²) in [7, 11) is 0. The van der Waals surface area contributed by atoms with E-state index in [0.717, 1.165) is 17.7 Å². The Kier molecular flexibility index (Phi) is 4.16. The van der Waals surface area contributed by atoms with Crippen molar-refractivity contribution in [3.8, 4) is 0 Å². The zero-order chi connectivity index (χ0) is 13.8. The van der Waals surface area contributed by atoms with E-state index in [4.69, 9.17) is 5.11 Å². The van der Waals surface area contributed by atoms with E-state index in [0.29, 0.717) is 6.54 Å². The number of hydrogen-bond acceptors (Lipinski definition) is 3. The Balaban J connectivity index is 2.03.